The maximum absolute atomic E-state index is 10.8. The third kappa shape index (κ3) is 1.98. The molecule has 0 spiro atoms. The number of nitrogens with one attached hydrogen (secondary N) is 1. The maximum atomic E-state index is 10.8. The molecule has 0 unspecified atom stereocenters. The lowest BCUT2D eigenvalue weighted by atomic mass is 9.91. The average Bonchev–Trinajstić information content (AvgIpc) is 2.20. The first kappa shape index (κ1) is 8.51. The molecule has 1 aromatic rings. The lowest BCUT2D eigenvalue weighted by molar-refractivity contribution is -0.605. The molecular weight excluding hydrogens is 164 g/mol. The molecule has 1 aromatic heterocycles. The van der Waals surface area contributed by atoms with E-state index < -0.39 is 0 Å². The zero-order chi connectivity index (χ0) is 9.10. The summed E-state index contributed by atoms with van der Waals surface area (Å²) in [6, 6.07) is 3.87. The van der Waals surface area contributed by atoms with Gasteiger partial charge in [0.2, 0.25) is 0 Å². The highest BCUT2D eigenvalue weighted by Crippen LogP contribution is 2.23. The summed E-state index contributed by atoms with van der Waals surface area (Å²) in [5.74, 6) is 0.641. The van der Waals surface area contributed by atoms with E-state index >= 15 is 0 Å². The fourth-order valence-electron chi connectivity index (χ4n) is 1.85. The molecule has 3 heteroatoms. The van der Waals surface area contributed by atoms with Crippen molar-refractivity contribution in [3.05, 3.63) is 35.3 Å². The minimum Gasteiger partial charge on any atom is -0.619 e. The van der Waals surface area contributed by atoms with E-state index in [0.29, 0.717) is 5.92 Å². The summed E-state index contributed by atoms with van der Waals surface area (Å²) in [4.78, 5) is 0. The third-order valence-electron chi connectivity index (χ3n) is 2.64. The van der Waals surface area contributed by atoms with Crippen LogP contribution in [0.2, 0.25) is 0 Å². The van der Waals surface area contributed by atoms with Gasteiger partial charge in [-0.3, -0.25) is 0 Å². The highest BCUT2D eigenvalue weighted by Gasteiger charge is 2.15. The van der Waals surface area contributed by atoms with Crippen LogP contribution in [0.3, 0.4) is 0 Å². The van der Waals surface area contributed by atoms with Crippen LogP contribution in [-0.4, -0.2) is 13.1 Å². The Kier molecular flexibility index (Phi) is 2.45. The standard InChI is InChI=1S/C10H14N2O/c13-12-7-3-10(4-8-12)9-1-5-11-6-2-9/h3-4,7-9,11H,1-2,5-6H2. The van der Waals surface area contributed by atoms with Crippen LogP contribution < -0.4 is 10.0 Å². The van der Waals surface area contributed by atoms with Gasteiger partial charge in [0.1, 0.15) is 0 Å². The van der Waals surface area contributed by atoms with E-state index in [9.17, 15) is 5.21 Å². The minimum atomic E-state index is 0.641. The normalized spacial score (nSPS) is 18.8. The van der Waals surface area contributed by atoms with Crippen LogP contribution >= 0.6 is 0 Å². The second kappa shape index (κ2) is 3.75. The predicted octanol–water partition coefficient (Wildman–Crippen LogP) is 0.787. The Labute approximate surface area is 78.0 Å². The molecule has 0 atom stereocenters. The summed E-state index contributed by atoms with van der Waals surface area (Å²) in [5, 5.41) is 14.1. The van der Waals surface area contributed by atoms with Crippen LogP contribution in [0.15, 0.2) is 24.5 Å². The molecule has 0 aromatic carbocycles. The highest BCUT2D eigenvalue weighted by atomic mass is 16.5. The number of rotatable bonds is 1. The molecular formula is C10H14N2O. The summed E-state index contributed by atoms with van der Waals surface area (Å²) in [7, 11) is 0. The minimum absolute atomic E-state index is 0.641. The van der Waals surface area contributed by atoms with Gasteiger partial charge >= 0.3 is 0 Å². The molecule has 0 saturated carbocycles. The third-order valence-corrected chi connectivity index (χ3v) is 2.64. The molecule has 1 fully saturated rings. The Balaban J connectivity index is 2.10. The van der Waals surface area contributed by atoms with Gasteiger partial charge in [-0.05, 0) is 37.4 Å². The molecule has 0 bridgehead atoms. The van der Waals surface area contributed by atoms with Gasteiger partial charge in [-0.25, -0.2) is 0 Å². The quantitative estimate of drug-likeness (QED) is 0.510. The Morgan fingerprint density at radius 1 is 1.23 bits per heavy atom. The topological polar surface area (TPSA) is 39.0 Å². The van der Waals surface area contributed by atoms with E-state index in [1.54, 1.807) is 12.4 Å². The first-order valence-corrected chi connectivity index (χ1v) is 4.76. The van der Waals surface area contributed by atoms with E-state index in [1.807, 2.05) is 12.1 Å². The van der Waals surface area contributed by atoms with Gasteiger partial charge in [0.05, 0.1) is 0 Å². The lowest BCUT2D eigenvalue weighted by Gasteiger charge is -2.22. The van der Waals surface area contributed by atoms with E-state index in [1.165, 1.54) is 18.4 Å². The SMILES string of the molecule is [O-][n+]1ccc(C2CCNCC2)cc1. The molecule has 1 N–H and O–H groups in total. The Bertz CT molecular complexity index is 265. The van der Waals surface area contributed by atoms with E-state index in [4.69, 9.17) is 0 Å². The first-order valence-electron chi connectivity index (χ1n) is 4.76. The number of pyridine rings is 1. The molecule has 0 radical (unpaired) electrons. The van der Waals surface area contributed by atoms with Crippen molar-refractivity contribution < 1.29 is 4.73 Å². The Hall–Kier alpha value is -1.09. The van der Waals surface area contributed by atoms with Crippen molar-refractivity contribution in [1.82, 2.24) is 5.32 Å². The van der Waals surface area contributed by atoms with E-state index in [2.05, 4.69) is 5.32 Å². The van der Waals surface area contributed by atoms with Crippen molar-refractivity contribution in [3.8, 4) is 0 Å². The van der Waals surface area contributed by atoms with Crippen LogP contribution in [0.4, 0.5) is 0 Å². The molecule has 0 aliphatic carbocycles. The van der Waals surface area contributed by atoms with Crippen molar-refractivity contribution in [2.45, 2.75) is 18.8 Å². The van der Waals surface area contributed by atoms with Crippen LogP contribution in [-0.2, 0) is 0 Å². The summed E-state index contributed by atoms with van der Waals surface area (Å²) in [6.45, 7) is 2.19. The smallest absolute Gasteiger partial charge is 0.180 e. The Morgan fingerprint density at radius 3 is 2.46 bits per heavy atom. The van der Waals surface area contributed by atoms with Gasteiger partial charge in [0, 0.05) is 12.1 Å². The van der Waals surface area contributed by atoms with E-state index in [0.717, 1.165) is 17.8 Å². The molecule has 0 amide bonds. The molecule has 2 rings (SSSR count). The van der Waals surface area contributed by atoms with Crippen LogP contribution in [0.5, 0.6) is 0 Å². The zero-order valence-electron chi connectivity index (χ0n) is 7.57. The average molecular weight is 178 g/mol. The molecule has 1 aliphatic rings. The summed E-state index contributed by atoms with van der Waals surface area (Å²) < 4.78 is 0.838. The van der Waals surface area contributed by atoms with Crippen LogP contribution in [0.25, 0.3) is 0 Å². The number of nitrogens with zero attached hydrogens (tertiary/aromatic N) is 1. The second-order valence-corrected chi connectivity index (χ2v) is 3.52. The van der Waals surface area contributed by atoms with Gasteiger partial charge in [-0.15, -0.1) is 0 Å². The first-order chi connectivity index (χ1) is 6.36. The van der Waals surface area contributed by atoms with Crippen molar-refractivity contribution in [3.63, 3.8) is 0 Å². The van der Waals surface area contributed by atoms with Gasteiger partial charge in [0.25, 0.3) is 0 Å². The number of hydrogen-bond donors (Lipinski definition) is 1. The molecule has 2 heterocycles. The maximum Gasteiger partial charge on any atom is 0.180 e. The summed E-state index contributed by atoms with van der Waals surface area (Å²) >= 11 is 0. The Morgan fingerprint density at radius 2 is 1.85 bits per heavy atom. The van der Waals surface area contributed by atoms with Crippen LogP contribution in [0, 0.1) is 5.21 Å². The number of aromatic nitrogens is 1. The highest BCUT2D eigenvalue weighted by molar-refractivity contribution is 5.14. The largest absolute Gasteiger partial charge is 0.619 e. The van der Waals surface area contributed by atoms with Gasteiger partial charge in [-0.2, -0.15) is 4.73 Å². The van der Waals surface area contributed by atoms with Crippen molar-refractivity contribution >= 4 is 0 Å². The van der Waals surface area contributed by atoms with Crippen molar-refractivity contribution in [1.29, 1.82) is 0 Å². The monoisotopic (exact) mass is 178 g/mol. The fraction of sp³-hybridized carbons (Fsp3) is 0.500. The molecule has 3 nitrogen and oxygen atoms in total. The van der Waals surface area contributed by atoms with Gasteiger partial charge in [-0.1, -0.05) is 0 Å². The molecule has 1 aliphatic heterocycles. The van der Waals surface area contributed by atoms with Crippen molar-refractivity contribution in [2.75, 3.05) is 13.1 Å². The van der Waals surface area contributed by atoms with Crippen LogP contribution in [0.1, 0.15) is 24.3 Å². The van der Waals surface area contributed by atoms with Gasteiger partial charge in [0.15, 0.2) is 12.4 Å². The fourth-order valence-corrected chi connectivity index (χ4v) is 1.85. The molecule has 70 valence electrons. The number of hydrogen-bond acceptors (Lipinski definition) is 2. The molecule has 1 saturated heterocycles. The zero-order valence-corrected chi connectivity index (χ0v) is 7.57. The number of piperidine rings is 1. The summed E-state index contributed by atoms with van der Waals surface area (Å²) in [5.41, 5.74) is 1.30. The van der Waals surface area contributed by atoms with Crippen molar-refractivity contribution in [2.24, 2.45) is 0 Å². The lowest BCUT2D eigenvalue weighted by Crippen LogP contribution is -2.28. The molecule has 13 heavy (non-hydrogen) atoms. The second-order valence-electron chi connectivity index (χ2n) is 3.52. The van der Waals surface area contributed by atoms with Gasteiger partial charge < -0.3 is 10.5 Å². The predicted molar refractivity (Wildman–Crippen MR) is 50.2 cm³/mol. The summed E-state index contributed by atoms with van der Waals surface area (Å²) in [6.07, 6.45) is 5.53. The van der Waals surface area contributed by atoms with E-state index in [-0.39, 0.29) is 0 Å².